The Balaban J connectivity index is 1.53. The highest BCUT2D eigenvalue weighted by Crippen LogP contribution is 2.25. The SMILES string of the molecule is Cc1ccc(-c2nc(CC(=O)NCC(O)c3ccco3)cs2)o1. The Hall–Kier alpha value is -2.38. The molecule has 0 saturated carbocycles. The van der Waals surface area contributed by atoms with Gasteiger partial charge in [0, 0.05) is 5.38 Å². The summed E-state index contributed by atoms with van der Waals surface area (Å²) < 4.78 is 10.6. The highest BCUT2D eigenvalue weighted by Gasteiger charge is 2.14. The Kier molecular flexibility index (Phi) is 4.59. The van der Waals surface area contributed by atoms with Gasteiger partial charge in [-0.15, -0.1) is 11.3 Å². The van der Waals surface area contributed by atoms with Gasteiger partial charge in [0.25, 0.3) is 0 Å². The highest BCUT2D eigenvalue weighted by atomic mass is 32.1. The average molecular weight is 332 g/mol. The standard InChI is InChI=1S/C16H16N2O4S/c1-10-4-5-14(22-10)16-18-11(9-23-16)7-15(20)17-8-12(19)13-3-2-6-21-13/h2-6,9,12,19H,7-8H2,1H3,(H,17,20). The zero-order chi connectivity index (χ0) is 16.2. The van der Waals surface area contributed by atoms with Crippen LogP contribution < -0.4 is 5.32 Å². The van der Waals surface area contributed by atoms with Gasteiger partial charge in [-0.1, -0.05) is 0 Å². The molecule has 1 unspecified atom stereocenters. The second kappa shape index (κ2) is 6.80. The molecule has 0 spiro atoms. The number of hydrogen-bond acceptors (Lipinski definition) is 6. The fraction of sp³-hybridized carbons (Fsp3) is 0.250. The number of aromatic nitrogens is 1. The maximum atomic E-state index is 11.9. The molecule has 0 fully saturated rings. The van der Waals surface area contributed by atoms with Crippen LogP contribution in [0.15, 0.2) is 44.7 Å². The lowest BCUT2D eigenvalue weighted by Crippen LogP contribution is -2.29. The van der Waals surface area contributed by atoms with E-state index in [1.54, 1.807) is 12.1 Å². The highest BCUT2D eigenvalue weighted by molar-refractivity contribution is 7.13. The average Bonchev–Trinajstić information content (AvgIpc) is 3.25. The van der Waals surface area contributed by atoms with Gasteiger partial charge in [-0.3, -0.25) is 4.79 Å². The van der Waals surface area contributed by atoms with Crippen LogP contribution in [0.2, 0.25) is 0 Å². The van der Waals surface area contributed by atoms with Gasteiger partial charge in [0.05, 0.1) is 24.9 Å². The molecule has 23 heavy (non-hydrogen) atoms. The van der Waals surface area contributed by atoms with Crippen LogP contribution in [0.3, 0.4) is 0 Å². The zero-order valence-electron chi connectivity index (χ0n) is 12.5. The van der Waals surface area contributed by atoms with Crippen molar-refractivity contribution in [3.63, 3.8) is 0 Å². The number of nitrogens with zero attached hydrogens (tertiary/aromatic N) is 1. The van der Waals surface area contributed by atoms with E-state index >= 15 is 0 Å². The molecule has 1 amide bonds. The third kappa shape index (κ3) is 3.88. The van der Waals surface area contributed by atoms with Crippen LogP contribution in [0, 0.1) is 6.92 Å². The molecule has 0 saturated heterocycles. The van der Waals surface area contributed by atoms with E-state index in [2.05, 4.69) is 10.3 Å². The first-order valence-corrected chi connectivity index (χ1v) is 7.99. The summed E-state index contributed by atoms with van der Waals surface area (Å²) in [7, 11) is 0. The predicted octanol–water partition coefficient (Wildman–Crippen LogP) is 2.70. The van der Waals surface area contributed by atoms with E-state index < -0.39 is 6.10 Å². The number of amides is 1. The Morgan fingerprint density at radius 2 is 2.30 bits per heavy atom. The third-order valence-electron chi connectivity index (χ3n) is 3.21. The van der Waals surface area contributed by atoms with Crippen molar-refractivity contribution in [3.8, 4) is 10.8 Å². The van der Waals surface area contributed by atoms with E-state index in [-0.39, 0.29) is 18.9 Å². The maximum Gasteiger partial charge on any atom is 0.226 e. The van der Waals surface area contributed by atoms with E-state index in [0.717, 1.165) is 10.8 Å². The number of aliphatic hydroxyl groups is 1. The number of thiazole rings is 1. The summed E-state index contributed by atoms with van der Waals surface area (Å²) in [5.74, 6) is 1.74. The second-order valence-electron chi connectivity index (χ2n) is 5.07. The van der Waals surface area contributed by atoms with Crippen LogP contribution in [-0.4, -0.2) is 22.5 Å². The molecule has 7 heteroatoms. The van der Waals surface area contributed by atoms with Crippen LogP contribution in [-0.2, 0) is 11.2 Å². The first kappa shape index (κ1) is 15.5. The number of nitrogens with one attached hydrogen (secondary N) is 1. The van der Waals surface area contributed by atoms with Gasteiger partial charge in [-0.25, -0.2) is 4.98 Å². The summed E-state index contributed by atoms with van der Waals surface area (Å²) in [5, 5.41) is 15.1. The van der Waals surface area contributed by atoms with E-state index in [9.17, 15) is 9.90 Å². The normalized spacial score (nSPS) is 12.3. The summed E-state index contributed by atoms with van der Waals surface area (Å²) in [6, 6.07) is 7.08. The van der Waals surface area contributed by atoms with Crippen LogP contribution in [0.1, 0.15) is 23.3 Å². The quantitative estimate of drug-likeness (QED) is 0.724. The topological polar surface area (TPSA) is 88.5 Å². The van der Waals surface area contributed by atoms with E-state index in [1.165, 1.54) is 17.6 Å². The summed E-state index contributed by atoms with van der Waals surface area (Å²) in [4.78, 5) is 16.3. The fourth-order valence-electron chi connectivity index (χ4n) is 2.07. The minimum absolute atomic E-state index is 0.0979. The molecule has 3 rings (SSSR count). The molecule has 120 valence electrons. The Bertz CT molecular complexity index is 776. The van der Waals surface area contributed by atoms with Gasteiger partial charge >= 0.3 is 0 Å². The molecule has 0 aromatic carbocycles. The molecule has 0 aliphatic heterocycles. The smallest absolute Gasteiger partial charge is 0.226 e. The van der Waals surface area contributed by atoms with Crippen LogP contribution in [0.5, 0.6) is 0 Å². The van der Waals surface area contributed by atoms with Crippen molar-refractivity contribution in [2.24, 2.45) is 0 Å². The van der Waals surface area contributed by atoms with E-state index in [4.69, 9.17) is 8.83 Å². The number of furan rings is 2. The van der Waals surface area contributed by atoms with Crippen LogP contribution in [0.25, 0.3) is 10.8 Å². The van der Waals surface area contributed by atoms with Crippen molar-refractivity contribution in [1.82, 2.24) is 10.3 Å². The van der Waals surface area contributed by atoms with Crippen LogP contribution in [0.4, 0.5) is 0 Å². The molecule has 1 atom stereocenters. The molecule has 0 radical (unpaired) electrons. The lowest BCUT2D eigenvalue weighted by molar-refractivity contribution is -0.121. The number of carbonyl (C=O) groups excluding carboxylic acids is 1. The maximum absolute atomic E-state index is 11.9. The lowest BCUT2D eigenvalue weighted by atomic mass is 10.2. The van der Waals surface area contributed by atoms with Gasteiger partial charge in [0.1, 0.15) is 17.6 Å². The largest absolute Gasteiger partial charge is 0.467 e. The van der Waals surface area contributed by atoms with Crippen LogP contribution >= 0.6 is 11.3 Å². The molecule has 3 aromatic rings. The van der Waals surface area contributed by atoms with Gasteiger partial charge in [0.15, 0.2) is 10.8 Å². The number of carbonyl (C=O) groups is 1. The lowest BCUT2D eigenvalue weighted by Gasteiger charge is -2.08. The monoisotopic (exact) mass is 332 g/mol. The van der Waals surface area contributed by atoms with Crippen molar-refractivity contribution in [2.45, 2.75) is 19.4 Å². The van der Waals surface area contributed by atoms with Crippen molar-refractivity contribution >= 4 is 17.2 Å². The molecule has 0 aliphatic rings. The molecular formula is C16H16N2O4S. The number of aliphatic hydroxyl groups excluding tert-OH is 1. The molecule has 0 aliphatic carbocycles. The van der Waals surface area contributed by atoms with Crippen molar-refractivity contribution in [1.29, 1.82) is 0 Å². The third-order valence-corrected chi connectivity index (χ3v) is 4.11. The zero-order valence-corrected chi connectivity index (χ0v) is 13.3. The fourth-order valence-corrected chi connectivity index (χ4v) is 2.85. The molecule has 3 aromatic heterocycles. The first-order chi connectivity index (χ1) is 11.1. The summed E-state index contributed by atoms with van der Waals surface area (Å²) in [5.41, 5.74) is 0.670. The second-order valence-corrected chi connectivity index (χ2v) is 5.92. The minimum atomic E-state index is -0.856. The molecule has 0 bridgehead atoms. The van der Waals surface area contributed by atoms with Crippen molar-refractivity contribution in [3.05, 3.63) is 53.1 Å². The molecule has 2 N–H and O–H groups in total. The van der Waals surface area contributed by atoms with Gasteiger partial charge < -0.3 is 19.3 Å². The summed E-state index contributed by atoms with van der Waals surface area (Å²) in [6.07, 6.45) is 0.778. The van der Waals surface area contributed by atoms with Gasteiger partial charge in [0.2, 0.25) is 5.91 Å². The first-order valence-electron chi connectivity index (χ1n) is 7.11. The molecule has 3 heterocycles. The Morgan fingerprint density at radius 3 is 3.00 bits per heavy atom. The number of rotatable bonds is 6. The minimum Gasteiger partial charge on any atom is -0.467 e. The number of aryl methyl sites for hydroxylation is 1. The van der Waals surface area contributed by atoms with Crippen molar-refractivity contribution < 1.29 is 18.7 Å². The molecular weight excluding hydrogens is 316 g/mol. The van der Waals surface area contributed by atoms with E-state index in [0.29, 0.717) is 17.2 Å². The summed E-state index contributed by atoms with van der Waals surface area (Å²) in [6.45, 7) is 1.97. The van der Waals surface area contributed by atoms with Crippen molar-refractivity contribution in [2.75, 3.05) is 6.54 Å². The summed E-state index contributed by atoms with van der Waals surface area (Å²) >= 11 is 1.43. The predicted molar refractivity (Wildman–Crippen MR) is 84.9 cm³/mol. The Morgan fingerprint density at radius 1 is 1.43 bits per heavy atom. The number of hydrogen-bond donors (Lipinski definition) is 2. The van der Waals surface area contributed by atoms with Gasteiger partial charge in [-0.05, 0) is 31.2 Å². The Labute approximate surface area is 136 Å². The van der Waals surface area contributed by atoms with E-state index in [1.807, 2.05) is 24.4 Å². The van der Waals surface area contributed by atoms with Gasteiger partial charge in [-0.2, -0.15) is 0 Å². The molecule has 6 nitrogen and oxygen atoms in total.